The molecule has 1 N–H and O–H groups in total. The van der Waals surface area contributed by atoms with E-state index in [9.17, 15) is 4.79 Å². The molecule has 5 nitrogen and oxygen atoms in total. The van der Waals surface area contributed by atoms with Crippen molar-refractivity contribution in [1.82, 2.24) is 9.55 Å². The van der Waals surface area contributed by atoms with Gasteiger partial charge in [0.25, 0.3) is 0 Å². The van der Waals surface area contributed by atoms with Crippen molar-refractivity contribution in [2.75, 3.05) is 7.11 Å². The number of rotatable bonds is 3. The summed E-state index contributed by atoms with van der Waals surface area (Å²) in [5, 5.41) is 9.06. The number of aromatic carboxylic acids is 1. The Morgan fingerprint density at radius 1 is 1.50 bits per heavy atom. The van der Waals surface area contributed by atoms with Gasteiger partial charge >= 0.3 is 5.97 Å². The molecule has 0 fully saturated rings. The van der Waals surface area contributed by atoms with Crippen molar-refractivity contribution < 1.29 is 14.6 Å². The van der Waals surface area contributed by atoms with E-state index in [2.05, 4.69) is 4.98 Å². The predicted molar refractivity (Wildman–Crippen MR) is 67.2 cm³/mol. The van der Waals surface area contributed by atoms with Crippen LogP contribution in [0.25, 0.3) is 11.4 Å². The Hall–Kier alpha value is -2.01. The largest absolute Gasteiger partial charge is 0.497 e. The van der Waals surface area contributed by atoms with Crippen molar-refractivity contribution in [2.45, 2.75) is 0 Å². The molecule has 1 heterocycles. The molecule has 0 radical (unpaired) electrons. The van der Waals surface area contributed by atoms with E-state index in [1.165, 1.54) is 4.57 Å². The molecule has 1 aromatic carbocycles. The Morgan fingerprint density at radius 3 is 2.78 bits per heavy atom. The van der Waals surface area contributed by atoms with E-state index in [0.717, 1.165) is 5.56 Å². The van der Waals surface area contributed by atoms with Gasteiger partial charge in [-0.1, -0.05) is 23.7 Å². The highest BCUT2D eigenvalue weighted by Crippen LogP contribution is 2.27. The maximum atomic E-state index is 11.0. The maximum absolute atomic E-state index is 11.0. The summed E-state index contributed by atoms with van der Waals surface area (Å²) >= 11 is 5.92. The average Bonchev–Trinajstić information content (AvgIpc) is 2.67. The van der Waals surface area contributed by atoms with Gasteiger partial charge in [0, 0.05) is 12.6 Å². The second-order valence-corrected chi connectivity index (χ2v) is 4.03. The van der Waals surface area contributed by atoms with Crippen molar-refractivity contribution in [2.24, 2.45) is 7.05 Å². The zero-order valence-corrected chi connectivity index (χ0v) is 10.6. The van der Waals surface area contributed by atoms with Gasteiger partial charge in [-0.15, -0.1) is 0 Å². The molecule has 18 heavy (non-hydrogen) atoms. The van der Waals surface area contributed by atoms with E-state index in [4.69, 9.17) is 21.4 Å². The van der Waals surface area contributed by atoms with Crippen LogP contribution in [-0.4, -0.2) is 27.7 Å². The third-order valence-corrected chi connectivity index (χ3v) is 2.99. The lowest BCUT2D eigenvalue weighted by Gasteiger charge is -2.04. The summed E-state index contributed by atoms with van der Waals surface area (Å²) in [6.45, 7) is 0. The summed E-state index contributed by atoms with van der Waals surface area (Å²) in [5.41, 5.74) is 0.586. The van der Waals surface area contributed by atoms with E-state index in [1.807, 2.05) is 6.07 Å². The fourth-order valence-corrected chi connectivity index (χ4v) is 1.84. The Labute approximate surface area is 109 Å². The molecule has 0 saturated carbocycles. The number of ether oxygens (including phenoxy) is 1. The number of hydrogen-bond donors (Lipinski definition) is 1. The van der Waals surface area contributed by atoms with Crippen LogP contribution < -0.4 is 4.74 Å². The molecule has 0 aliphatic carbocycles. The number of carboxylic acid groups (broad SMARTS) is 1. The van der Waals surface area contributed by atoms with Gasteiger partial charge in [0.2, 0.25) is 0 Å². The normalized spacial score (nSPS) is 10.4. The van der Waals surface area contributed by atoms with Gasteiger partial charge in [0.1, 0.15) is 16.7 Å². The predicted octanol–water partition coefficient (Wildman–Crippen LogP) is 2.45. The molecule has 2 rings (SSSR count). The summed E-state index contributed by atoms with van der Waals surface area (Å²) in [7, 11) is 3.23. The molecular formula is C12H11ClN2O3. The van der Waals surface area contributed by atoms with Crippen LogP contribution in [-0.2, 0) is 7.05 Å². The van der Waals surface area contributed by atoms with Gasteiger partial charge < -0.3 is 14.4 Å². The van der Waals surface area contributed by atoms with Crippen LogP contribution in [0.15, 0.2) is 24.3 Å². The van der Waals surface area contributed by atoms with Crippen LogP contribution in [0.2, 0.25) is 5.15 Å². The number of carbonyl (C=O) groups is 1. The molecule has 0 spiro atoms. The zero-order chi connectivity index (χ0) is 13.3. The number of benzene rings is 1. The minimum absolute atomic E-state index is 0.0975. The van der Waals surface area contributed by atoms with Crippen LogP contribution in [0.3, 0.4) is 0 Å². The molecule has 6 heteroatoms. The summed E-state index contributed by atoms with van der Waals surface area (Å²) < 4.78 is 6.64. The van der Waals surface area contributed by atoms with Crippen molar-refractivity contribution in [1.29, 1.82) is 0 Å². The van der Waals surface area contributed by atoms with Gasteiger partial charge in [-0.3, -0.25) is 0 Å². The van der Waals surface area contributed by atoms with Crippen LogP contribution in [0.4, 0.5) is 0 Å². The first kappa shape index (κ1) is 12.4. The van der Waals surface area contributed by atoms with Gasteiger partial charge in [-0.25, -0.2) is 9.78 Å². The first-order valence-corrected chi connectivity index (χ1v) is 5.52. The summed E-state index contributed by atoms with van der Waals surface area (Å²) in [4.78, 5) is 15.0. The lowest BCUT2D eigenvalue weighted by atomic mass is 10.2. The molecule has 0 atom stereocenters. The molecule has 0 bridgehead atoms. The monoisotopic (exact) mass is 266 g/mol. The third kappa shape index (κ3) is 2.04. The molecule has 1 aromatic heterocycles. The first-order valence-electron chi connectivity index (χ1n) is 5.14. The number of imidazole rings is 1. The highest BCUT2D eigenvalue weighted by Gasteiger charge is 2.19. The van der Waals surface area contributed by atoms with Crippen molar-refractivity contribution in [3.63, 3.8) is 0 Å². The number of hydrogen-bond acceptors (Lipinski definition) is 3. The summed E-state index contributed by atoms with van der Waals surface area (Å²) in [5.74, 6) is 0.00421. The number of methoxy groups -OCH3 is 1. The van der Waals surface area contributed by atoms with Gasteiger partial charge in [0.15, 0.2) is 5.69 Å². The minimum Gasteiger partial charge on any atom is -0.497 e. The standard InChI is InChI=1S/C12H11ClN2O3/c1-15-10(13)9(12(16)17)14-11(15)7-4-3-5-8(6-7)18-2/h3-6H,1-2H3,(H,16,17). The van der Waals surface area contributed by atoms with Gasteiger partial charge in [0.05, 0.1) is 7.11 Å². The highest BCUT2D eigenvalue weighted by molar-refractivity contribution is 6.32. The molecule has 0 amide bonds. The molecule has 94 valence electrons. The van der Waals surface area contributed by atoms with Gasteiger partial charge in [-0.2, -0.15) is 0 Å². The molecule has 0 aliphatic rings. The smallest absolute Gasteiger partial charge is 0.357 e. The molecule has 2 aromatic rings. The topological polar surface area (TPSA) is 64.3 Å². The zero-order valence-electron chi connectivity index (χ0n) is 9.85. The van der Waals surface area contributed by atoms with E-state index in [-0.39, 0.29) is 10.8 Å². The van der Waals surface area contributed by atoms with Crippen molar-refractivity contribution in [3.8, 4) is 17.1 Å². The van der Waals surface area contributed by atoms with E-state index in [0.29, 0.717) is 11.6 Å². The number of nitrogens with zero attached hydrogens (tertiary/aromatic N) is 2. The lowest BCUT2D eigenvalue weighted by molar-refractivity contribution is 0.0691. The van der Waals surface area contributed by atoms with E-state index < -0.39 is 5.97 Å². The number of carboxylic acids is 1. The SMILES string of the molecule is COc1cccc(-c2nc(C(=O)O)c(Cl)n2C)c1. The molecule has 0 unspecified atom stereocenters. The van der Waals surface area contributed by atoms with Crippen LogP contribution in [0, 0.1) is 0 Å². The van der Waals surface area contributed by atoms with Crippen molar-refractivity contribution >= 4 is 17.6 Å². The fourth-order valence-electron chi connectivity index (χ4n) is 1.64. The average molecular weight is 267 g/mol. The number of aromatic nitrogens is 2. The maximum Gasteiger partial charge on any atom is 0.357 e. The van der Waals surface area contributed by atoms with Crippen LogP contribution >= 0.6 is 11.6 Å². The summed E-state index contributed by atoms with van der Waals surface area (Å²) in [6.07, 6.45) is 0. The quantitative estimate of drug-likeness (QED) is 0.927. The van der Waals surface area contributed by atoms with Crippen LogP contribution in [0.5, 0.6) is 5.75 Å². The van der Waals surface area contributed by atoms with Crippen LogP contribution in [0.1, 0.15) is 10.5 Å². The second kappa shape index (κ2) is 4.70. The van der Waals surface area contributed by atoms with Crippen molar-refractivity contribution in [3.05, 3.63) is 35.1 Å². The molecule has 0 aliphatic heterocycles. The Morgan fingerprint density at radius 2 is 2.22 bits per heavy atom. The Kier molecular flexibility index (Phi) is 3.25. The molecular weight excluding hydrogens is 256 g/mol. The Bertz CT molecular complexity index is 607. The number of halogens is 1. The summed E-state index contributed by atoms with van der Waals surface area (Å²) in [6, 6.07) is 7.18. The van der Waals surface area contributed by atoms with E-state index >= 15 is 0 Å². The molecule has 0 saturated heterocycles. The van der Waals surface area contributed by atoms with E-state index in [1.54, 1.807) is 32.4 Å². The highest BCUT2D eigenvalue weighted by atomic mass is 35.5. The fraction of sp³-hybridized carbons (Fsp3) is 0.167. The lowest BCUT2D eigenvalue weighted by Crippen LogP contribution is -1.97. The Balaban J connectivity index is 2.57. The second-order valence-electron chi connectivity index (χ2n) is 3.67. The van der Waals surface area contributed by atoms with Gasteiger partial charge in [-0.05, 0) is 12.1 Å². The first-order chi connectivity index (χ1) is 8.54. The minimum atomic E-state index is -1.15. The third-order valence-electron chi connectivity index (χ3n) is 2.56.